The van der Waals surface area contributed by atoms with E-state index >= 15 is 0 Å². The van der Waals surface area contributed by atoms with Crippen LogP contribution in [0.5, 0.6) is 0 Å². The fourth-order valence-corrected chi connectivity index (χ4v) is 8.73. The van der Waals surface area contributed by atoms with Crippen LogP contribution in [0.4, 0.5) is 0 Å². The van der Waals surface area contributed by atoms with Gasteiger partial charge in [-0.25, -0.2) is 0 Å². The van der Waals surface area contributed by atoms with Crippen molar-refractivity contribution >= 4 is 358 Å². The smallest absolute Gasteiger partial charge is 0.141 e. The largest absolute Gasteiger partial charge is 0.456 e. The molecule has 0 spiro atoms. The average Bonchev–Trinajstić information content (AvgIpc) is 3.85. The summed E-state index contributed by atoms with van der Waals surface area (Å²) >= 11 is 0. The quantitative estimate of drug-likeness (QED) is 0.131. The minimum Gasteiger partial charge on any atom is -0.456 e. The SMILES string of the molecule is [B]c1c([B])c([B])c2c(oc3c(-c4c5c([B])c([B])c([B])c([B])c5c(-c5c([B])c([B])c([B])c6c5oc5c([B])c([B])c([B])c([B])c56)c5c([B])c([B])c([B])c([B])c45)c([B])c([B])c([B])c32)c1[B]. The van der Waals surface area contributed by atoms with Gasteiger partial charge >= 0.3 is 0 Å². The highest BCUT2D eigenvalue weighted by atomic mass is 16.3. The highest BCUT2D eigenvalue weighted by Gasteiger charge is 2.32. The molecule has 0 aliphatic heterocycles. The van der Waals surface area contributed by atoms with Gasteiger partial charge in [0.15, 0.2) is 0 Å². The first-order valence-corrected chi connectivity index (χ1v) is 18.2. The predicted octanol–water partition coefficient (Wildman–Crippen LogP) is -15.4. The van der Waals surface area contributed by atoms with E-state index in [1.807, 2.05) is 0 Å². The third kappa shape index (κ3) is 5.25. The van der Waals surface area contributed by atoms with Crippen molar-refractivity contribution in [2.75, 3.05) is 0 Å². The number of furan rings is 2. The number of hydrogen-bond donors (Lipinski definition) is 0. The average molecular weight is 726 g/mol. The number of benzene rings is 7. The Balaban J connectivity index is 1.67. The topological polar surface area (TPSA) is 26.3 Å². The molecule has 0 unspecified atom stereocenters. The zero-order valence-electron chi connectivity index (χ0n) is 32.5. The number of rotatable bonds is 2. The molecule has 24 heteroatoms. The monoisotopic (exact) mass is 730 g/mol. The van der Waals surface area contributed by atoms with Gasteiger partial charge in [-0.05, 0) is 32.7 Å². The van der Waals surface area contributed by atoms with Crippen LogP contribution in [0.3, 0.4) is 0 Å². The Morgan fingerprint density at radius 1 is 0.145 bits per heavy atom. The van der Waals surface area contributed by atoms with E-state index in [9.17, 15) is 0 Å². The van der Waals surface area contributed by atoms with Crippen LogP contribution < -0.4 is 120 Å². The molecule has 7 aromatic carbocycles. The van der Waals surface area contributed by atoms with E-state index in [1.54, 1.807) is 0 Å². The van der Waals surface area contributed by atoms with Crippen molar-refractivity contribution in [1.29, 1.82) is 0 Å². The Bertz CT molecular complexity index is 3340. The van der Waals surface area contributed by atoms with Gasteiger partial charge in [-0.3, -0.25) is 0 Å². The molecule has 44 radical (unpaired) electrons. The second kappa shape index (κ2) is 14.3. The maximum atomic E-state index is 7.04. The molecule has 62 heavy (non-hydrogen) atoms. The van der Waals surface area contributed by atoms with Crippen molar-refractivity contribution in [1.82, 2.24) is 0 Å². The fourth-order valence-electron chi connectivity index (χ4n) is 8.73. The van der Waals surface area contributed by atoms with E-state index in [4.69, 9.17) is 181 Å². The lowest BCUT2D eigenvalue weighted by Crippen LogP contribution is -2.50. The Morgan fingerprint density at radius 3 is 0.565 bits per heavy atom. The summed E-state index contributed by atoms with van der Waals surface area (Å²) in [6, 6.07) is 0. The molecule has 2 heterocycles. The summed E-state index contributed by atoms with van der Waals surface area (Å²) in [6.07, 6.45) is 0. The maximum absolute atomic E-state index is 7.04. The Morgan fingerprint density at radius 2 is 0.323 bits per heavy atom. The zero-order valence-corrected chi connectivity index (χ0v) is 32.5. The summed E-state index contributed by atoms with van der Waals surface area (Å²) in [5.74, 6) is 0. The van der Waals surface area contributed by atoms with Crippen molar-refractivity contribution in [3.63, 3.8) is 0 Å². The molecule has 9 aromatic rings. The predicted molar refractivity (Wildman–Crippen MR) is 285 cm³/mol. The first kappa shape index (κ1) is 43.3. The van der Waals surface area contributed by atoms with Crippen LogP contribution in [0.1, 0.15) is 0 Å². The lowest BCUT2D eigenvalue weighted by Gasteiger charge is -2.30. The van der Waals surface area contributed by atoms with Gasteiger partial charge in [0.05, 0.1) is 0 Å². The fraction of sp³-hybridized carbons (Fsp3) is 0. The first-order valence-electron chi connectivity index (χ1n) is 18.2. The molecule has 0 fully saturated rings. The minimum atomic E-state index is -0.154. The molecule has 0 aliphatic carbocycles. The van der Waals surface area contributed by atoms with Gasteiger partial charge in [0.2, 0.25) is 0 Å². The van der Waals surface area contributed by atoms with Crippen LogP contribution in [0.15, 0.2) is 8.83 Å². The summed E-state index contributed by atoms with van der Waals surface area (Å²) in [4.78, 5) is 0. The van der Waals surface area contributed by atoms with Crippen LogP contribution in [-0.2, 0) is 0 Å². The van der Waals surface area contributed by atoms with E-state index in [2.05, 4.69) is 0 Å². The van der Waals surface area contributed by atoms with E-state index in [0.29, 0.717) is 0 Å². The molecule has 0 amide bonds. The summed E-state index contributed by atoms with van der Waals surface area (Å²) in [5, 5.41) is 0.774. The second-order valence-electron chi connectivity index (χ2n) is 15.1. The van der Waals surface area contributed by atoms with E-state index in [0.717, 1.165) is 0 Å². The molecule has 0 aliphatic rings. The third-order valence-electron chi connectivity index (χ3n) is 12.1. The van der Waals surface area contributed by atoms with Crippen molar-refractivity contribution < 1.29 is 8.83 Å². The Labute approximate surface area is 387 Å². The van der Waals surface area contributed by atoms with Gasteiger partial charge in [0, 0.05) is 32.7 Å². The molecule has 0 atom stereocenters. The van der Waals surface area contributed by atoms with Gasteiger partial charge < -0.3 is 8.83 Å². The Kier molecular flexibility index (Phi) is 9.99. The van der Waals surface area contributed by atoms with Crippen molar-refractivity contribution in [2.45, 2.75) is 0 Å². The lowest BCUT2D eigenvalue weighted by molar-refractivity contribution is 0.673. The molecule has 0 N–H and O–H groups in total. The molecule has 2 aromatic heterocycles. The summed E-state index contributed by atoms with van der Waals surface area (Å²) < 4.78 is 13.0. The Hall–Kier alpha value is -3.91. The molecule has 0 saturated heterocycles. The van der Waals surface area contributed by atoms with E-state index < -0.39 is 0 Å². The van der Waals surface area contributed by atoms with Gasteiger partial charge in [0.25, 0.3) is 0 Å². The van der Waals surface area contributed by atoms with Gasteiger partial charge in [-0.2, -0.15) is 0 Å². The second-order valence-corrected chi connectivity index (χ2v) is 15.1. The molecule has 9 rings (SSSR count). The summed E-state index contributed by atoms with van der Waals surface area (Å²) in [5.41, 5.74) is -2.21. The van der Waals surface area contributed by atoms with Crippen LogP contribution in [0.2, 0.25) is 0 Å². The maximum Gasteiger partial charge on any atom is 0.141 e. The van der Waals surface area contributed by atoms with Gasteiger partial charge in [-0.15, -0.1) is 54.6 Å². The van der Waals surface area contributed by atoms with Gasteiger partial charge in [-0.1, -0.05) is 65.6 Å². The molecular weight excluding hydrogens is 726 g/mol. The van der Waals surface area contributed by atoms with Crippen molar-refractivity contribution in [3.05, 3.63) is 0 Å². The molecule has 0 saturated carbocycles. The third-order valence-corrected chi connectivity index (χ3v) is 12.1. The first-order chi connectivity index (χ1) is 29.0. The highest BCUT2D eigenvalue weighted by molar-refractivity contribution is 6.75. The molecule has 0 bridgehead atoms. The zero-order chi connectivity index (χ0) is 45.4. The standard InChI is InChI=1S/C38B22O2/c39-13-3-1(7-17(43)23(49)19(45)9-11-21(47)29(55)31(57)33(59)37(11)61-35(7)9)4-6(16(42)28(54)26(52)14(4)40)2(5(3)15(41)27(53)25(13)51)8-18(44)24(50)20(46)10-12-22(48)30(56)32(58)34(60)38(12)62-36(8)10. The number of fused-ring (bicyclic) bond motifs is 8. The summed E-state index contributed by atoms with van der Waals surface area (Å²) in [7, 11) is 147. The van der Waals surface area contributed by atoms with E-state index in [-0.39, 0.29) is 208 Å². The van der Waals surface area contributed by atoms with Crippen molar-refractivity contribution in [2.24, 2.45) is 0 Å². The lowest BCUT2D eigenvalue weighted by atomic mass is 9.58. The minimum absolute atomic E-state index is 0.00269. The summed E-state index contributed by atoms with van der Waals surface area (Å²) in [6.45, 7) is 0. The number of hydrogen-bond acceptors (Lipinski definition) is 2. The molecule has 2 nitrogen and oxygen atoms in total. The molecule has 230 valence electrons. The van der Waals surface area contributed by atoms with Crippen LogP contribution in [0.25, 0.3) is 87.7 Å². The van der Waals surface area contributed by atoms with E-state index in [1.165, 1.54) is 0 Å². The van der Waals surface area contributed by atoms with Gasteiger partial charge in [0.1, 0.15) is 195 Å². The van der Waals surface area contributed by atoms with Crippen LogP contribution in [0, 0.1) is 0 Å². The van der Waals surface area contributed by atoms with Crippen molar-refractivity contribution in [3.8, 4) is 22.3 Å². The highest BCUT2D eigenvalue weighted by Crippen LogP contribution is 2.44. The molecular formula is C38B22O2. The normalized spacial score (nSPS) is 12.0. The van der Waals surface area contributed by atoms with Crippen LogP contribution in [-0.4, -0.2) is 173 Å². The van der Waals surface area contributed by atoms with Crippen LogP contribution >= 0.6 is 0 Å².